The van der Waals surface area contributed by atoms with E-state index in [1.54, 1.807) is 6.08 Å². The van der Waals surface area contributed by atoms with Gasteiger partial charge in [0, 0.05) is 10.7 Å². The average Bonchev–Trinajstić information content (AvgIpc) is 2.90. The third kappa shape index (κ3) is 2.36. The van der Waals surface area contributed by atoms with Gasteiger partial charge in [0.1, 0.15) is 5.82 Å². The van der Waals surface area contributed by atoms with Crippen LogP contribution in [0.1, 0.15) is 5.56 Å². The Morgan fingerprint density at radius 2 is 2.05 bits per heavy atom. The Morgan fingerprint density at radius 3 is 2.75 bits per heavy atom. The standard InChI is InChI=1S/C15H13BrN2O2/c1-20-15(19)11-4-7-14-17-13(9-18(14)8-11)10-2-5-12(16)6-3-10/h2-7,9,17H,8H2,1H3. The molecule has 0 atom stereocenters. The van der Waals surface area contributed by atoms with Crippen LogP contribution in [0, 0.1) is 0 Å². The number of nitrogens with zero attached hydrogens (tertiary/aromatic N) is 1. The summed E-state index contributed by atoms with van der Waals surface area (Å²) in [6.07, 6.45) is 5.69. The SMILES string of the molecule is COC(=O)C1=CC=C2NC(c3ccc(Br)cc3)=CN2C1. The summed E-state index contributed by atoms with van der Waals surface area (Å²) in [4.78, 5) is 13.6. The van der Waals surface area contributed by atoms with Gasteiger partial charge in [-0.25, -0.2) is 4.79 Å². The molecule has 3 rings (SSSR count). The maximum atomic E-state index is 11.6. The van der Waals surface area contributed by atoms with Crippen molar-refractivity contribution in [2.45, 2.75) is 0 Å². The predicted octanol–water partition coefficient (Wildman–Crippen LogP) is 2.61. The molecule has 1 N–H and O–H groups in total. The summed E-state index contributed by atoms with van der Waals surface area (Å²) in [5, 5.41) is 3.34. The summed E-state index contributed by atoms with van der Waals surface area (Å²) in [6.45, 7) is 0.519. The molecule has 2 aliphatic rings. The molecule has 102 valence electrons. The minimum atomic E-state index is -0.286. The highest BCUT2D eigenvalue weighted by Gasteiger charge is 2.24. The first-order valence-corrected chi connectivity index (χ1v) is 6.97. The molecule has 0 aliphatic carbocycles. The zero-order valence-corrected chi connectivity index (χ0v) is 12.5. The number of allylic oxidation sites excluding steroid dienone is 2. The monoisotopic (exact) mass is 332 g/mol. The van der Waals surface area contributed by atoms with E-state index in [1.165, 1.54) is 7.11 Å². The van der Waals surface area contributed by atoms with Crippen LogP contribution < -0.4 is 5.32 Å². The van der Waals surface area contributed by atoms with E-state index in [0.717, 1.165) is 21.6 Å². The van der Waals surface area contributed by atoms with Gasteiger partial charge in [-0.05, 0) is 29.8 Å². The van der Waals surface area contributed by atoms with Gasteiger partial charge in [0.2, 0.25) is 0 Å². The van der Waals surface area contributed by atoms with Crippen molar-refractivity contribution >= 4 is 27.6 Å². The van der Waals surface area contributed by atoms with Crippen LogP contribution in [-0.4, -0.2) is 24.5 Å². The molecule has 5 heteroatoms. The lowest BCUT2D eigenvalue weighted by atomic mass is 10.2. The van der Waals surface area contributed by atoms with Crippen LogP contribution in [-0.2, 0) is 9.53 Å². The van der Waals surface area contributed by atoms with Crippen molar-refractivity contribution in [3.05, 3.63) is 64.0 Å². The van der Waals surface area contributed by atoms with Gasteiger partial charge in [-0.1, -0.05) is 28.1 Å². The lowest BCUT2D eigenvalue weighted by molar-refractivity contribution is -0.136. The predicted molar refractivity (Wildman–Crippen MR) is 80.1 cm³/mol. The maximum absolute atomic E-state index is 11.6. The molecule has 0 saturated carbocycles. The number of benzene rings is 1. The van der Waals surface area contributed by atoms with E-state index >= 15 is 0 Å². The van der Waals surface area contributed by atoms with Gasteiger partial charge in [-0.2, -0.15) is 0 Å². The van der Waals surface area contributed by atoms with E-state index in [9.17, 15) is 4.79 Å². The molecule has 0 unspecified atom stereocenters. The molecule has 2 aliphatic heterocycles. The first-order valence-electron chi connectivity index (χ1n) is 6.18. The summed E-state index contributed by atoms with van der Waals surface area (Å²) >= 11 is 3.43. The van der Waals surface area contributed by atoms with Crippen LogP contribution in [0.2, 0.25) is 0 Å². The van der Waals surface area contributed by atoms with Crippen molar-refractivity contribution in [2.75, 3.05) is 13.7 Å². The topological polar surface area (TPSA) is 41.6 Å². The van der Waals surface area contributed by atoms with Crippen LogP contribution in [0.5, 0.6) is 0 Å². The summed E-state index contributed by atoms with van der Waals surface area (Å²) < 4.78 is 5.80. The van der Waals surface area contributed by atoms with Crippen molar-refractivity contribution in [3.63, 3.8) is 0 Å². The van der Waals surface area contributed by atoms with Crippen molar-refractivity contribution in [1.29, 1.82) is 0 Å². The highest BCUT2D eigenvalue weighted by Crippen LogP contribution is 2.27. The second-order valence-electron chi connectivity index (χ2n) is 4.54. The molecular formula is C15H13BrN2O2. The Bertz CT molecular complexity index is 644. The van der Waals surface area contributed by atoms with Gasteiger partial charge in [-0.15, -0.1) is 0 Å². The number of carbonyl (C=O) groups is 1. The second kappa shape index (κ2) is 5.17. The highest BCUT2D eigenvalue weighted by atomic mass is 79.9. The van der Waals surface area contributed by atoms with Crippen LogP contribution in [0.15, 0.2) is 58.5 Å². The molecular weight excluding hydrogens is 320 g/mol. The fraction of sp³-hybridized carbons (Fsp3) is 0.133. The van der Waals surface area contributed by atoms with Crippen molar-refractivity contribution in [1.82, 2.24) is 10.2 Å². The molecule has 0 amide bonds. The van der Waals surface area contributed by atoms with Crippen molar-refractivity contribution in [2.24, 2.45) is 0 Å². The van der Waals surface area contributed by atoms with E-state index in [1.807, 2.05) is 41.4 Å². The Morgan fingerprint density at radius 1 is 1.30 bits per heavy atom. The summed E-state index contributed by atoms with van der Waals surface area (Å²) in [5.74, 6) is 0.682. The Hall–Kier alpha value is -2.01. The normalized spacial score (nSPS) is 16.7. The molecule has 0 radical (unpaired) electrons. The van der Waals surface area contributed by atoms with Crippen LogP contribution >= 0.6 is 15.9 Å². The number of hydrogen-bond donors (Lipinski definition) is 1. The zero-order valence-electron chi connectivity index (χ0n) is 10.9. The minimum Gasteiger partial charge on any atom is -0.466 e. The number of esters is 1. The van der Waals surface area contributed by atoms with E-state index in [2.05, 4.69) is 21.2 Å². The van der Waals surface area contributed by atoms with Gasteiger partial charge < -0.3 is 15.0 Å². The molecule has 0 saturated heterocycles. The number of methoxy groups -OCH3 is 1. The third-order valence-electron chi connectivity index (χ3n) is 3.24. The molecule has 2 heterocycles. The van der Waals surface area contributed by atoms with E-state index in [4.69, 9.17) is 4.74 Å². The summed E-state index contributed by atoms with van der Waals surface area (Å²) in [5.41, 5.74) is 2.76. The number of nitrogens with one attached hydrogen (secondary N) is 1. The number of rotatable bonds is 2. The van der Waals surface area contributed by atoms with Crippen molar-refractivity contribution < 1.29 is 9.53 Å². The van der Waals surface area contributed by atoms with Gasteiger partial charge in [0.05, 0.1) is 24.9 Å². The smallest absolute Gasteiger partial charge is 0.335 e. The number of hydrogen-bond acceptors (Lipinski definition) is 4. The fourth-order valence-electron chi connectivity index (χ4n) is 2.19. The Kier molecular flexibility index (Phi) is 3.36. The first-order chi connectivity index (χ1) is 9.67. The Balaban J connectivity index is 1.82. The number of ether oxygens (including phenoxy) is 1. The van der Waals surface area contributed by atoms with Gasteiger partial charge in [0.15, 0.2) is 0 Å². The lowest BCUT2D eigenvalue weighted by Gasteiger charge is -2.21. The lowest BCUT2D eigenvalue weighted by Crippen LogP contribution is -2.27. The summed E-state index contributed by atoms with van der Waals surface area (Å²) in [7, 11) is 1.40. The molecule has 1 aromatic rings. The number of fused-ring (bicyclic) bond motifs is 1. The first kappa shape index (κ1) is 13.0. The van der Waals surface area contributed by atoms with E-state index in [0.29, 0.717) is 12.1 Å². The largest absolute Gasteiger partial charge is 0.466 e. The van der Waals surface area contributed by atoms with Crippen LogP contribution in [0.3, 0.4) is 0 Å². The molecule has 0 fully saturated rings. The Labute approximate surface area is 125 Å². The van der Waals surface area contributed by atoms with Gasteiger partial charge in [0.25, 0.3) is 0 Å². The molecule has 4 nitrogen and oxygen atoms in total. The average molecular weight is 333 g/mol. The molecule has 0 spiro atoms. The fourth-order valence-corrected chi connectivity index (χ4v) is 2.46. The second-order valence-corrected chi connectivity index (χ2v) is 5.45. The summed E-state index contributed by atoms with van der Waals surface area (Å²) in [6, 6.07) is 8.08. The van der Waals surface area contributed by atoms with Crippen molar-refractivity contribution in [3.8, 4) is 0 Å². The van der Waals surface area contributed by atoms with Crippen LogP contribution in [0.25, 0.3) is 5.70 Å². The zero-order chi connectivity index (χ0) is 14.1. The van der Waals surface area contributed by atoms with Crippen LogP contribution in [0.4, 0.5) is 0 Å². The molecule has 0 bridgehead atoms. The molecule has 1 aromatic carbocycles. The number of carbonyl (C=O) groups excluding carboxylic acids is 1. The van der Waals surface area contributed by atoms with Gasteiger partial charge in [-0.3, -0.25) is 0 Å². The van der Waals surface area contributed by atoms with E-state index < -0.39 is 0 Å². The number of halogens is 1. The highest BCUT2D eigenvalue weighted by molar-refractivity contribution is 9.10. The maximum Gasteiger partial charge on any atom is 0.335 e. The van der Waals surface area contributed by atoms with Gasteiger partial charge >= 0.3 is 5.97 Å². The minimum absolute atomic E-state index is 0.286. The quantitative estimate of drug-likeness (QED) is 0.845. The van der Waals surface area contributed by atoms with E-state index in [-0.39, 0.29) is 5.97 Å². The molecule has 0 aromatic heterocycles. The third-order valence-corrected chi connectivity index (χ3v) is 3.77. The molecule has 20 heavy (non-hydrogen) atoms.